The van der Waals surface area contributed by atoms with Crippen LogP contribution in [0.2, 0.25) is 10.0 Å². The van der Waals surface area contributed by atoms with Gasteiger partial charge in [0.1, 0.15) is 5.75 Å². The summed E-state index contributed by atoms with van der Waals surface area (Å²) in [5.74, 6) is -0.171. The SMILES string of the molecule is COC(=O)c1ccc(/C=C2\Sc3ccc(OSCc4c(Cl)cccc4Cl)cc3NC2=O)c([N+](=O)[O-])c1. The summed E-state index contributed by atoms with van der Waals surface area (Å²) in [6, 6.07) is 14.4. The fraction of sp³-hybridized carbons (Fsp3) is 0.0833. The Morgan fingerprint density at radius 3 is 2.61 bits per heavy atom. The number of halogens is 2. The lowest BCUT2D eigenvalue weighted by atomic mass is 10.1. The number of nitrogens with one attached hydrogen (secondary N) is 1. The molecular weight excluding hydrogens is 547 g/mol. The van der Waals surface area contributed by atoms with Gasteiger partial charge in [-0.2, -0.15) is 0 Å². The summed E-state index contributed by atoms with van der Waals surface area (Å²) in [6.45, 7) is 0. The Morgan fingerprint density at radius 1 is 1.17 bits per heavy atom. The predicted molar refractivity (Wildman–Crippen MR) is 142 cm³/mol. The third-order valence-corrected chi connectivity index (χ3v) is 7.52. The molecule has 1 heterocycles. The summed E-state index contributed by atoms with van der Waals surface area (Å²) in [6.07, 6.45) is 1.41. The first-order valence-electron chi connectivity index (χ1n) is 10.2. The molecule has 1 aliphatic heterocycles. The van der Waals surface area contributed by atoms with Crippen LogP contribution >= 0.6 is 47.0 Å². The van der Waals surface area contributed by atoms with Crippen molar-refractivity contribution in [2.75, 3.05) is 12.4 Å². The van der Waals surface area contributed by atoms with E-state index in [-0.39, 0.29) is 21.7 Å². The van der Waals surface area contributed by atoms with E-state index in [1.807, 2.05) is 0 Å². The van der Waals surface area contributed by atoms with Crippen LogP contribution in [0.25, 0.3) is 6.08 Å². The van der Waals surface area contributed by atoms with Crippen LogP contribution in [0.15, 0.2) is 64.4 Å². The van der Waals surface area contributed by atoms with Gasteiger partial charge < -0.3 is 14.2 Å². The van der Waals surface area contributed by atoms with Gasteiger partial charge in [0.25, 0.3) is 11.6 Å². The van der Waals surface area contributed by atoms with E-state index in [0.717, 1.165) is 28.6 Å². The monoisotopic (exact) mass is 562 g/mol. The van der Waals surface area contributed by atoms with Crippen LogP contribution in [-0.2, 0) is 15.3 Å². The number of nitro benzene ring substituents is 1. The van der Waals surface area contributed by atoms with E-state index in [1.54, 1.807) is 36.4 Å². The minimum absolute atomic E-state index is 0.0413. The van der Waals surface area contributed by atoms with Crippen molar-refractivity contribution in [2.24, 2.45) is 0 Å². The van der Waals surface area contributed by atoms with Crippen molar-refractivity contribution in [1.29, 1.82) is 0 Å². The molecule has 1 N–H and O–H groups in total. The highest BCUT2D eigenvalue weighted by Gasteiger charge is 2.24. The molecule has 4 rings (SSSR count). The maximum atomic E-state index is 12.7. The predicted octanol–water partition coefficient (Wildman–Crippen LogP) is 7.00. The molecule has 0 saturated heterocycles. The smallest absolute Gasteiger partial charge is 0.338 e. The van der Waals surface area contributed by atoms with Crippen molar-refractivity contribution in [3.8, 4) is 5.75 Å². The van der Waals surface area contributed by atoms with Gasteiger partial charge in [0.15, 0.2) is 0 Å². The zero-order chi connectivity index (χ0) is 25.8. The largest absolute Gasteiger partial charge is 0.465 e. The molecule has 0 unspecified atom stereocenters. The molecule has 12 heteroatoms. The first-order chi connectivity index (χ1) is 17.3. The molecule has 3 aromatic carbocycles. The van der Waals surface area contributed by atoms with E-state index in [2.05, 4.69) is 10.1 Å². The van der Waals surface area contributed by atoms with Crippen LogP contribution in [-0.4, -0.2) is 23.9 Å². The number of hydrogen-bond acceptors (Lipinski definition) is 8. The van der Waals surface area contributed by atoms with Crippen LogP contribution in [0.4, 0.5) is 11.4 Å². The van der Waals surface area contributed by atoms with Gasteiger partial charge in [-0.1, -0.05) is 41.0 Å². The Hall–Kier alpha value is -3.18. The average Bonchev–Trinajstić information content (AvgIpc) is 2.86. The number of ether oxygens (including phenoxy) is 1. The van der Waals surface area contributed by atoms with E-state index < -0.39 is 16.8 Å². The number of methoxy groups -OCH3 is 1. The number of benzene rings is 3. The molecule has 0 aromatic heterocycles. The summed E-state index contributed by atoms with van der Waals surface area (Å²) < 4.78 is 10.4. The lowest BCUT2D eigenvalue weighted by Gasteiger charge is -2.19. The molecule has 0 atom stereocenters. The van der Waals surface area contributed by atoms with Gasteiger partial charge in [0.05, 0.1) is 51.5 Å². The second kappa shape index (κ2) is 11.3. The highest BCUT2D eigenvalue weighted by atomic mass is 35.5. The van der Waals surface area contributed by atoms with E-state index in [9.17, 15) is 19.7 Å². The van der Waals surface area contributed by atoms with Crippen LogP contribution < -0.4 is 9.50 Å². The van der Waals surface area contributed by atoms with E-state index >= 15 is 0 Å². The van der Waals surface area contributed by atoms with Crippen molar-refractivity contribution in [3.63, 3.8) is 0 Å². The topological polar surface area (TPSA) is 108 Å². The number of rotatable bonds is 7. The van der Waals surface area contributed by atoms with Crippen LogP contribution in [0.1, 0.15) is 21.5 Å². The molecular formula is C24H16Cl2N2O6S2. The fourth-order valence-electron chi connectivity index (χ4n) is 3.23. The number of thioether (sulfide) groups is 1. The van der Waals surface area contributed by atoms with Crippen molar-refractivity contribution < 1.29 is 23.4 Å². The van der Waals surface area contributed by atoms with Gasteiger partial charge >= 0.3 is 5.97 Å². The minimum Gasteiger partial charge on any atom is -0.465 e. The number of carbonyl (C=O) groups is 2. The summed E-state index contributed by atoms with van der Waals surface area (Å²) in [7, 11) is 1.19. The molecule has 0 aliphatic carbocycles. The first kappa shape index (κ1) is 25.9. The fourth-order valence-corrected chi connectivity index (χ4v) is 5.57. The standard InChI is InChI=1S/C24H16Cl2N2O6S2/c1-33-24(30)14-6-5-13(20(9-14)28(31)32)10-22-23(29)27-19-11-15(7-8-21(19)36-22)34-35-12-16-17(25)3-2-4-18(16)26/h2-11H,12H2,1H3,(H,27,29)/b22-10-. The Bertz CT molecular complexity index is 1390. The summed E-state index contributed by atoms with van der Waals surface area (Å²) in [5.41, 5.74) is 1.22. The third kappa shape index (κ3) is 5.79. The maximum Gasteiger partial charge on any atom is 0.338 e. The van der Waals surface area contributed by atoms with Gasteiger partial charge in [0, 0.05) is 32.6 Å². The molecule has 8 nitrogen and oxygen atoms in total. The Labute approximate surface area is 224 Å². The summed E-state index contributed by atoms with van der Waals surface area (Å²) >= 11 is 14.7. The molecule has 0 spiro atoms. The lowest BCUT2D eigenvalue weighted by Crippen LogP contribution is -2.17. The second-order valence-electron chi connectivity index (χ2n) is 7.29. The highest BCUT2D eigenvalue weighted by Crippen LogP contribution is 2.42. The molecule has 184 valence electrons. The Kier molecular flexibility index (Phi) is 8.10. The number of fused-ring (bicyclic) bond motifs is 1. The van der Waals surface area contributed by atoms with Crippen molar-refractivity contribution in [1.82, 2.24) is 0 Å². The Morgan fingerprint density at radius 2 is 1.92 bits per heavy atom. The number of anilines is 1. The van der Waals surface area contributed by atoms with Crippen LogP contribution in [0.3, 0.4) is 0 Å². The lowest BCUT2D eigenvalue weighted by molar-refractivity contribution is -0.385. The molecule has 1 amide bonds. The van der Waals surface area contributed by atoms with Gasteiger partial charge in [-0.25, -0.2) is 4.79 Å². The van der Waals surface area contributed by atoms with E-state index in [0.29, 0.717) is 27.2 Å². The van der Waals surface area contributed by atoms with E-state index in [4.69, 9.17) is 27.4 Å². The van der Waals surface area contributed by atoms with Crippen LogP contribution in [0.5, 0.6) is 5.75 Å². The molecule has 0 fully saturated rings. The molecule has 36 heavy (non-hydrogen) atoms. The quantitative estimate of drug-likeness (QED) is 0.108. The van der Waals surface area contributed by atoms with Crippen LogP contribution in [0, 0.1) is 10.1 Å². The number of esters is 1. The molecule has 1 aliphatic rings. The van der Waals surface area contributed by atoms with Crippen molar-refractivity contribution in [3.05, 3.63) is 96.4 Å². The number of hydrogen-bond donors (Lipinski definition) is 1. The molecule has 3 aromatic rings. The summed E-state index contributed by atoms with van der Waals surface area (Å²) in [4.78, 5) is 36.4. The minimum atomic E-state index is -0.692. The zero-order valence-corrected chi connectivity index (χ0v) is 21.6. The normalized spacial score (nSPS) is 13.6. The molecule has 0 bridgehead atoms. The third-order valence-electron chi connectivity index (χ3n) is 5.00. The van der Waals surface area contributed by atoms with Crippen molar-refractivity contribution >= 4 is 76.3 Å². The molecule has 0 radical (unpaired) electrons. The Balaban J connectivity index is 1.50. The maximum absolute atomic E-state index is 12.7. The second-order valence-corrected chi connectivity index (χ2v) is 9.88. The number of amides is 1. The van der Waals surface area contributed by atoms with Gasteiger partial charge in [-0.15, -0.1) is 0 Å². The first-order valence-corrected chi connectivity index (χ1v) is 12.7. The summed E-state index contributed by atoms with van der Waals surface area (Å²) in [5, 5.41) is 15.4. The number of nitro groups is 1. The number of nitrogens with zero attached hydrogens (tertiary/aromatic N) is 1. The zero-order valence-electron chi connectivity index (χ0n) is 18.4. The van der Waals surface area contributed by atoms with Gasteiger partial charge in [-0.05, 0) is 42.5 Å². The molecule has 0 saturated carbocycles. The highest BCUT2D eigenvalue weighted by molar-refractivity contribution is 8.04. The average molecular weight is 563 g/mol. The number of carbonyl (C=O) groups excluding carboxylic acids is 2. The van der Waals surface area contributed by atoms with Crippen molar-refractivity contribution in [2.45, 2.75) is 10.6 Å². The van der Waals surface area contributed by atoms with Gasteiger partial charge in [-0.3, -0.25) is 14.9 Å². The van der Waals surface area contributed by atoms with Gasteiger partial charge in [0.2, 0.25) is 0 Å². The van der Waals surface area contributed by atoms with E-state index in [1.165, 1.54) is 37.1 Å².